The molecule has 0 radical (unpaired) electrons. The lowest BCUT2D eigenvalue weighted by Crippen LogP contribution is -2.24. The second-order valence-electron chi connectivity index (χ2n) is 4.84. The van der Waals surface area contributed by atoms with Crippen molar-refractivity contribution in [1.29, 1.82) is 0 Å². The zero-order valence-corrected chi connectivity index (χ0v) is 11.8. The van der Waals surface area contributed by atoms with E-state index >= 15 is 0 Å². The Morgan fingerprint density at radius 2 is 2.00 bits per heavy atom. The molecule has 1 aromatic rings. The minimum atomic E-state index is -4.50. The topological polar surface area (TPSA) is 58.2 Å². The smallest absolute Gasteiger partial charge is 0.341 e. The van der Waals surface area contributed by atoms with Crippen molar-refractivity contribution in [3.8, 4) is 0 Å². The first-order chi connectivity index (χ1) is 9.50. The fourth-order valence-corrected chi connectivity index (χ4v) is 2.98. The van der Waals surface area contributed by atoms with Gasteiger partial charge in [0.25, 0.3) is 0 Å². The molecule has 0 saturated carbocycles. The summed E-state index contributed by atoms with van der Waals surface area (Å²) < 4.78 is 47.2. The monoisotopic (exact) mass is 304 g/mol. The molecule has 0 spiro atoms. The molecule has 20 heavy (non-hydrogen) atoms. The van der Waals surface area contributed by atoms with Crippen molar-refractivity contribution >= 4 is 15.5 Å². The maximum atomic E-state index is 12.4. The highest BCUT2D eigenvalue weighted by Gasteiger charge is 2.26. The second-order valence-corrected chi connectivity index (χ2v) is 6.76. The largest absolute Gasteiger partial charge is 0.385 e. The Balaban J connectivity index is 1.88. The summed E-state index contributed by atoms with van der Waals surface area (Å²) in [5.74, 6) is -3.38. The van der Waals surface area contributed by atoms with Crippen LogP contribution in [0.1, 0.15) is 19.3 Å². The number of nitrogens with one attached hydrogen (secondary N) is 2. The van der Waals surface area contributed by atoms with E-state index in [1.54, 1.807) is 0 Å². The molecule has 1 heterocycles. The zero-order valence-electron chi connectivity index (χ0n) is 11.0. The van der Waals surface area contributed by atoms with Gasteiger partial charge in [-0.05, 0) is 50.1 Å². The fraction of sp³-hybridized carbons (Fsp3) is 0.538. The molecule has 0 aliphatic carbocycles. The Kier molecular flexibility index (Phi) is 4.93. The molecule has 1 aliphatic heterocycles. The highest BCUT2D eigenvalue weighted by atomic mass is 32.2. The van der Waals surface area contributed by atoms with Crippen LogP contribution in [0.25, 0.3) is 0 Å². The van der Waals surface area contributed by atoms with Crippen LogP contribution >= 0.6 is 0 Å². The van der Waals surface area contributed by atoms with Crippen molar-refractivity contribution < 1.29 is 17.2 Å². The first-order valence-electron chi connectivity index (χ1n) is 6.59. The molecule has 4 nitrogen and oxygen atoms in total. The molecule has 7 heteroatoms. The van der Waals surface area contributed by atoms with Crippen LogP contribution in [0.15, 0.2) is 29.2 Å². The van der Waals surface area contributed by atoms with Crippen LogP contribution < -0.4 is 10.6 Å². The van der Waals surface area contributed by atoms with Gasteiger partial charge in [-0.2, -0.15) is 8.78 Å². The number of anilines is 1. The summed E-state index contributed by atoms with van der Waals surface area (Å²) in [5, 5.41) is 6.54. The Morgan fingerprint density at radius 1 is 1.30 bits per heavy atom. The van der Waals surface area contributed by atoms with Crippen molar-refractivity contribution in [2.45, 2.75) is 36.0 Å². The van der Waals surface area contributed by atoms with Gasteiger partial charge >= 0.3 is 5.76 Å². The molecule has 0 aromatic heterocycles. The number of rotatable bonds is 6. The third-order valence-corrected chi connectivity index (χ3v) is 4.80. The average molecular weight is 304 g/mol. The SMILES string of the molecule is O=S(=O)(c1ccc(NCCC2CCCN2)cc1)C(F)F. The maximum Gasteiger partial charge on any atom is 0.341 e. The van der Waals surface area contributed by atoms with Crippen LogP contribution in [0.2, 0.25) is 0 Å². The van der Waals surface area contributed by atoms with Crippen LogP contribution in [-0.2, 0) is 9.84 Å². The number of hydrogen-bond donors (Lipinski definition) is 2. The van der Waals surface area contributed by atoms with Gasteiger partial charge in [0.2, 0.25) is 9.84 Å². The van der Waals surface area contributed by atoms with Gasteiger partial charge in [0, 0.05) is 18.3 Å². The Morgan fingerprint density at radius 3 is 2.55 bits per heavy atom. The molecular weight excluding hydrogens is 286 g/mol. The van der Waals surface area contributed by atoms with E-state index in [-0.39, 0.29) is 4.90 Å². The van der Waals surface area contributed by atoms with Gasteiger partial charge in [-0.1, -0.05) is 0 Å². The summed E-state index contributed by atoms with van der Waals surface area (Å²) in [6.07, 6.45) is 3.36. The van der Waals surface area contributed by atoms with Crippen molar-refractivity contribution in [2.24, 2.45) is 0 Å². The quantitative estimate of drug-likeness (QED) is 0.846. The third-order valence-electron chi connectivity index (χ3n) is 3.40. The van der Waals surface area contributed by atoms with Gasteiger partial charge in [-0.25, -0.2) is 8.42 Å². The van der Waals surface area contributed by atoms with Crippen molar-refractivity contribution in [1.82, 2.24) is 5.32 Å². The predicted octanol–water partition coefficient (Wildman–Crippen LogP) is 2.24. The molecule has 2 rings (SSSR count). The molecule has 1 fully saturated rings. The lowest BCUT2D eigenvalue weighted by atomic mass is 10.1. The Labute approximate surface area is 117 Å². The van der Waals surface area contributed by atoms with E-state index in [1.807, 2.05) is 0 Å². The number of alkyl halides is 2. The van der Waals surface area contributed by atoms with Gasteiger partial charge in [-0.15, -0.1) is 0 Å². The summed E-state index contributed by atoms with van der Waals surface area (Å²) in [7, 11) is -4.50. The van der Waals surface area contributed by atoms with Gasteiger partial charge < -0.3 is 10.6 Å². The van der Waals surface area contributed by atoms with Crippen LogP contribution in [0, 0.1) is 0 Å². The molecule has 1 atom stereocenters. The second kappa shape index (κ2) is 6.49. The molecule has 0 bridgehead atoms. The first kappa shape index (κ1) is 15.2. The van der Waals surface area contributed by atoms with Crippen molar-refractivity contribution in [2.75, 3.05) is 18.4 Å². The summed E-state index contributed by atoms with van der Waals surface area (Å²) >= 11 is 0. The van der Waals surface area contributed by atoms with E-state index in [9.17, 15) is 17.2 Å². The molecule has 1 unspecified atom stereocenters. The highest BCUT2D eigenvalue weighted by Crippen LogP contribution is 2.20. The zero-order chi connectivity index (χ0) is 14.6. The number of benzene rings is 1. The summed E-state index contributed by atoms with van der Waals surface area (Å²) in [5.41, 5.74) is 0.733. The number of hydrogen-bond acceptors (Lipinski definition) is 4. The summed E-state index contributed by atoms with van der Waals surface area (Å²) in [6, 6.07) is 5.96. The van der Waals surface area contributed by atoms with Crippen LogP contribution in [0.4, 0.5) is 14.5 Å². The van der Waals surface area contributed by atoms with E-state index in [1.165, 1.54) is 37.1 Å². The molecule has 1 aromatic carbocycles. The van der Waals surface area contributed by atoms with E-state index in [2.05, 4.69) is 10.6 Å². The minimum absolute atomic E-state index is 0.351. The van der Waals surface area contributed by atoms with Gasteiger partial charge in [0.1, 0.15) is 0 Å². The molecule has 1 saturated heterocycles. The van der Waals surface area contributed by atoms with Crippen molar-refractivity contribution in [3.63, 3.8) is 0 Å². The maximum absolute atomic E-state index is 12.4. The lowest BCUT2D eigenvalue weighted by Gasteiger charge is -2.12. The van der Waals surface area contributed by atoms with E-state index in [0.29, 0.717) is 6.04 Å². The molecule has 112 valence electrons. The highest BCUT2D eigenvalue weighted by molar-refractivity contribution is 7.91. The lowest BCUT2D eigenvalue weighted by molar-refractivity contribution is 0.234. The van der Waals surface area contributed by atoms with E-state index in [0.717, 1.165) is 25.2 Å². The molecular formula is C13H18F2N2O2S. The van der Waals surface area contributed by atoms with Crippen LogP contribution in [-0.4, -0.2) is 33.3 Å². The average Bonchev–Trinajstić information content (AvgIpc) is 2.92. The summed E-state index contributed by atoms with van der Waals surface area (Å²) in [4.78, 5) is -0.351. The molecule has 2 N–H and O–H groups in total. The molecule has 1 aliphatic rings. The summed E-state index contributed by atoms with van der Waals surface area (Å²) in [6.45, 7) is 1.82. The van der Waals surface area contributed by atoms with Gasteiger partial charge in [0.05, 0.1) is 4.90 Å². The van der Waals surface area contributed by atoms with Gasteiger partial charge in [-0.3, -0.25) is 0 Å². The Hall–Kier alpha value is -1.21. The van der Waals surface area contributed by atoms with Crippen molar-refractivity contribution in [3.05, 3.63) is 24.3 Å². The third kappa shape index (κ3) is 3.67. The Bertz CT molecular complexity index is 526. The standard InChI is InChI=1S/C13H18F2N2O2S/c14-13(15)20(18,19)12-5-3-11(4-6-12)17-9-7-10-2-1-8-16-10/h3-6,10,13,16-17H,1-2,7-9H2. The van der Waals surface area contributed by atoms with Crippen LogP contribution in [0.5, 0.6) is 0 Å². The molecule has 0 amide bonds. The number of halogens is 2. The minimum Gasteiger partial charge on any atom is -0.385 e. The van der Waals surface area contributed by atoms with Gasteiger partial charge in [0.15, 0.2) is 0 Å². The van der Waals surface area contributed by atoms with E-state index in [4.69, 9.17) is 0 Å². The fourth-order valence-electron chi connectivity index (χ4n) is 2.26. The van der Waals surface area contributed by atoms with E-state index < -0.39 is 15.6 Å². The van der Waals surface area contributed by atoms with Crippen LogP contribution in [0.3, 0.4) is 0 Å². The normalized spacial score (nSPS) is 19.4. The predicted molar refractivity (Wildman–Crippen MR) is 73.8 cm³/mol. The first-order valence-corrected chi connectivity index (χ1v) is 8.14. The number of sulfone groups is 1.